The van der Waals surface area contributed by atoms with Crippen LogP contribution in [-0.2, 0) is 9.84 Å². The van der Waals surface area contributed by atoms with E-state index in [0.29, 0.717) is 0 Å². The van der Waals surface area contributed by atoms with Gasteiger partial charge < -0.3 is 0 Å². The zero-order chi connectivity index (χ0) is 5.91. The molecule has 0 spiro atoms. The molecule has 2 nitrogen and oxygen atoms in total. The fourth-order valence-corrected chi connectivity index (χ4v) is 0.289. The molecule has 7 heavy (non-hydrogen) atoms. The number of sulfone groups is 1. The maximum atomic E-state index is 10.2. The fourth-order valence-electron chi connectivity index (χ4n) is 0.0962. The largest absolute Gasteiger partial charge is 0.224 e. The van der Waals surface area contributed by atoms with Gasteiger partial charge in [0.05, 0.1) is 5.75 Å². The molecule has 0 rings (SSSR count). The van der Waals surface area contributed by atoms with Crippen LogP contribution in [0.3, 0.4) is 0 Å². The van der Waals surface area contributed by atoms with E-state index in [-0.39, 0.29) is 0 Å². The molecule has 0 aliphatic carbocycles. The van der Waals surface area contributed by atoms with Crippen LogP contribution in [0.1, 0.15) is 6.92 Å². The predicted octanol–water partition coefficient (Wildman–Crippen LogP) is 0.726. The molecular weight excluding hydrogens is 112 g/mol. The van der Waals surface area contributed by atoms with Crippen LogP contribution >= 0.6 is 0 Å². The normalized spacial score (nSPS) is 11.0. The van der Waals surface area contributed by atoms with Crippen LogP contribution in [0.2, 0.25) is 0 Å². The standard InChI is InChI=1S/C4H7O2S/c1-3-7(5,6)4-2/h3-4H,1H2,2H3. The maximum absolute atomic E-state index is 10.2. The van der Waals surface area contributed by atoms with Gasteiger partial charge in [0.25, 0.3) is 0 Å². The molecule has 0 bridgehead atoms. The van der Waals surface area contributed by atoms with Gasteiger partial charge in [0.15, 0.2) is 9.84 Å². The topological polar surface area (TPSA) is 34.1 Å². The van der Waals surface area contributed by atoms with Gasteiger partial charge in [-0.05, 0) is 6.92 Å². The van der Waals surface area contributed by atoms with E-state index in [4.69, 9.17) is 0 Å². The molecule has 0 N–H and O–H groups in total. The third kappa shape index (κ3) is 2.39. The van der Waals surface area contributed by atoms with Crippen LogP contribution in [0.5, 0.6) is 0 Å². The fraction of sp³-hybridized carbons (Fsp3) is 0.250. The zero-order valence-corrected chi connectivity index (χ0v) is 4.90. The molecular formula is C4H7O2S. The second-order valence-corrected chi connectivity index (χ2v) is 2.97. The summed E-state index contributed by atoms with van der Waals surface area (Å²) >= 11 is 0. The highest BCUT2D eigenvalue weighted by Crippen LogP contribution is 1.91. The van der Waals surface area contributed by atoms with E-state index in [9.17, 15) is 8.42 Å². The van der Waals surface area contributed by atoms with E-state index in [1.807, 2.05) is 0 Å². The SMILES string of the molecule is C=CS(=O)(=O)[CH]C. The highest BCUT2D eigenvalue weighted by atomic mass is 32.2. The lowest BCUT2D eigenvalue weighted by molar-refractivity contribution is 0.610. The molecule has 0 aromatic carbocycles. The van der Waals surface area contributed by atoms with Crippen molar-refractivity contribution in [3.05, 3.63) is 17.7 Å². The van der Waals surface area contributed by atoms with Gasteiger partial charge in [0.2, 0.25) is 0 Å². The first-order valence-corrected chi connectivity index (χ1v) is 3.40. The van der Waals surface area contributed by atoms with E-state index in [1.165, 1.54) is 6.92 Å². The molecule has 0 saturated heterocycles. The lowest BCUT2D eigenvalue weighted by Gasteiger charge is -1.83. The summed E-state index contributed by atoms with van der Waals surface area (Å²) in [6.07, 6.45) is 0. The van der Waals surface area contributed by atoms with Crippen LogP contribution in [-0.4, -0.2) is 8.42 Å². The van der Waals surface area contributed by atoms with E-state index in [2.05, 4.69) is 6.58 Å². The summed E-state index contributed by atoms with van der Waals surface area (Å²) < 4.78 is 20.4. The third-order valence-corrected chi connectivity index (χ3v) is 1.68. The molecule has 41 valence electrons. The van der Waals surface area contributed by atoms with Crippen molar-refractivity contribution in [3.63, 3.8) is 0 Å². The van der Waals surface area contributed by atoms with Gasteiger partial charge in [-0.2, -0.15) is 0 Å². The van der Waals surface area contributed by atoms with Crippen molar-refractivity contribution in [1.29, 1.82) is 0 Å². The monoisotopic (exact) mass is 119 g/mol. The number of hydrogen-bond acceptors (Lipinski definition) is 2. The molecule has 0 fully saturated rings. The smallest absolute Gasteiger partial charge is 0.174 e. The summed E-state index contributed by atoms with van der Waals surface area (Å²) in [5.41, 5.74) is 0. The lowest BCUT2D eigenvalue weighted by Crippen LogP contribution is -1.88. The van der Waals surface area contributed by atoms with Crippen molar-refractivity contribution in [2.24, 2.45) is 0 Å². The molecule has 3 heteroatoms. The minimum atomic E-state index is -3.02. The second-order valence-electron chi connectivity index (χ2n) is 0.991. The quantitative estimate of drug-likeness (QED) is 0.537. The Hall–Kier alpha value is -0.310. The Morgan fingerprint density at radius 1 is 1.57 bits per heavy atom. The Balaban J connectivity index is 4.17. The van der Waals surface area contributed by atoms with Crippen LogP contribution in [0, 0.1) is 5.75 Å². The Labute approximate surface area is 43.8 Å². The van der Waals surface area contributed by atoms with E-state index < -0.39 is 9.84 Å². The molecule has 0 aromatic heterocycles. The van der Waals surface area contributed by atoms with Crippen LogP contribution in [0.15, 0.2) is 12.0 Å². The first kappa shape index (κ1) is 6.69. The predicted molar refractivity (Wildman–Crippen MR) is 29.1 cm³/mol. The Morgan fingerprint density at radius 2 is 2.00 bits per heavy atom. The summed E-state index contributed by atoms with van der Waals surface area (Å²) in [6.45, 7) is 4.54. The second kappa shape index (κ2) is 2.12. The van der Waals surface area contributed by atoms with Gasteiger partial charge in [0, 0.05) is 5.41 Å². The van der Waals surface area contributed by atoms with Gasteiger partial charge in [-0.15, -0.1) is 0 Å². The molecule has 0 amide bonds. The molecule has 0 heterocycles. The maximum Gasteiger partial charge on any atom is 0.174 e. The summed E-state index contributed by atoms with van der Waals surface area (Å²) in [5.74, 6) is 1.10. The van der Waals surface area contributed by atoms with Crippen LogP contribution in [0.25, 0.3) is 0 Å². The highest BCUT2D eigenvalue weighted by molar-refractivity contribution is 7.96. The first-order chi connectivity index (χ1) is 3.12. The molecule has 0 aromatic rings. The number of rotatable bonds is 2. The van der Waals surface area contributed by atoms with Crippen molar-refractivity contribution >= 4 is 9.84 Å². The van der Waals surface area contributed by atoms with Gasteiger partial charge in [-0.3, -0.25) is 0 Å². The van der Waals surface area contributed by atoms with Gasteiger partial charge in [0.1, 0.15) is 0 Å². The summed E-state index contributed by atoms with van der Waals surface area (Å²) in [6, 6.07) is 0. The average Bonchev–Trinajstić information content (AvgIpc) is 1.68. The van der Waals surface area contributed by atoms with Gasteiger partial charge >= 0.3 is 0 Å². The van der Waals surface area contributed by atoms with Gasteiger partial charge in [-0.25, -0.2) is 8.42 Å². The van der Waals surface area contributed by atoms with Crippen molar-refractivity contribution < 1.29 is 8.42 Å². The molecule has 0 unspecified atom stereocenters. The Morgan fingerprint density at radius 3 is 2.00 bits per heavy atom. The molecule has 1 radical (unpaired) electrons. The molecule has 0 atom stereocenters. The lowest BCUT2D eigenvalue weighted by atomic mass is 11.0. The van der Waals surface area contributed by atoms with Crippen molar-refractivity contribution in [3.8, 4) is 0 Å². The Bertz CT molecular complexity index is 143. The molecule has 0 saturated carbocycles. The molecule has 0 aliphatic rings. The van der Waals surface area contributed by atoms with Crippen molar-refractivity contribution in [2.45, 2.75) is 6.92 Å². The van der Waals surface area contributed by atoms with Crippen molar-refractivity contribution in [1.82, 2.24) is 0 Å². The number of hydrogen-bond donors (Lipinski definition) is 0. The first-order valence-electron chi connectivity index (χ1n) is 1.79. The average molecular weight is 119 g/mol. The third-order valence-electron chi connectivity index (χ3n) is 0.561. The van der Waals surface area contributed by atoms with E-state index in [0.717, 1.165) is 11.2 Å². The van der Waals surface area contributed by atoms with Crippen LogP contribution < -0.4 is 0 Å². The van der Waals surface area contributed by atoms with Crippen molar-refractivity contribution in [2.75, 3.05) is 0 Å². The van der Waals surface area contributed by atoms with Gasteiger partial charge in [-0.1, -0.05) is 6.58 Å². The van der Waals surface area contributed by atoms with E-state index >= 15 is 0 Å². The van der Waals surface area contributed by atoms with Crippen LogP contribution in [0.4, 0.5) is 0 Å². The minimum absolute atomic E-state index is 0.910. The zero-order valence-electron chi connectivity index (χ0n) is 4.09. The highest BCUT2D eigenvalue weighted by Gasteiger charge is 1.96. The Kier molecular flexibility index (Phi) is 2.02. The van der Waals surface area contributed by atoms with E-state index in [1.54, 1.807) is 0 Å². The summed E-state index contributed by atoms with van der Waals surface area (Å²) in [5, 5.41) is 0.910. The summed E-state index contributed by atoms with van der Waals surface area (Å²) in [4.78, 5) is 0. The molecule has 0 aliphatic heterocycles. The summed E-state index contributed by atoms with van der Waals surface area (Å²) in [7, 11) is -3.02. The minimum Gasteiger partial charge on any atom is -0.224 e.